The number of hydrogen-bond acceptors (Lipinski definition) is 4. The second-order valence-corrected chi connectivity index (χ2v) is 5.21. The molecule has 2 aromatic rings. The van der Waals surface area contributed by atoms with Gasteiger partial charge >= 0.3 is 12.2 Å². The molecule has 2 N–H and O–H groups in total. The zero-order valence-corrected chi connectivity index (χ0v) is 14.0. The van der Waals surface area contributed by atoms with Crippen molar-refractivity contribution >= 4 is 35.2 Å². The van der Waals surface area contributed by atoms with Crippen molar-refractivity contribution in [1.82, 2.24) is 0 Å². The average Bonchev–Trinajstić information content (AvgIpc) is 2.54. The highest BCUT2D eigenvalue weighted by molar-refractivity contribution is 6.31. The Hall–Kier alpha value is -2.73. The van der Waals surface area contributed by atoms with Crippen molar-refractivity contribution in [3.05, 3.63) is 53.1 Å². The topological polar surface area (TPSA) is 76.7 Å². The Labute approximate surface area is 144 Å². The fourth-order valence-electron chi connectivity index (χ4n) is 1.88. The van der Waals surface area contributed by atoms with Gasteiger partial charge in [0.05, 0.1) is 6.61 Å². The Morgan fingerprint density at radius 3 is 2.46 bits per heavy atom. The van der Waals surface area contributed by atoms with Gasteiger partial charge in [0.2, 0.25) is 0 Å². The Morgan fingerprint density at radius 2 is 1.79 bits per heavy atom. The molecule has 0 radical (unpaired) electrons. The van der Waals surface area contributed by atoms with E-state index in [4.69, 9.17) is 16.3 Å². The maximum absolute atomic E-state index is 12.0. The number of anilines is 2. The molecule has 0 aliphatic carbocycles. The number of benzene rings is 2. The van der Waals surface area contributed by atoms with Crippen LogP contribution >= 0.6 is 11.6 Å². The summed E-state index contributed by atoms with van der Waals surface area (Å²) in [5.74, 6) is 0.324. The van der Waals surface area contributed by atoms with Crippen molar-refractivity contribution in [2.24, 2.45) is 0 Å². The zero-order valence-electron chi connectivity index (χ0n) is 13.3. The average molecular weight is 349 g/mol. The number of amides is 2. The highest BCUT2D eigenvalue weighted by Crippen LogP contribution is 2.23. The fourth-order valence-corrected chi connectivity index (χ4v) is 2.05. The monoisotopic (exact) mass is 348 g/mol. The lowest BCUT2D eigenvalue weighted by Gasteiger charge is -2.11. The van der Waals surface area contributed by atoms with E-state index in [2.05, 4.69) is 15.4 Å². The summed E-state index contributed by atoms with van der Waals surface area (Å²) in [6, 6.07) is 11.2. The number of halogens is 1. The molecule has 0 aliphatic heterocycles. The predicted octanol–water partition coefficient (Wildman–Crippen LogP) is 4.83. The van der Waals surface area contributed by atoms with Gasteiger partial charge in [-0.05, 0) is 55.8 Å². The van der Waals surface area contributed by atoms with E-state index in [1.165, 1.54) is 0 Å². The molecular weight excluding hydrogens is 332 g/mol. The number of urea groups is 1. The van der Waals surface area contributed by atoms with E-state index in [0.717, 1.165) is 5.56 Å². The summed E-state index contributed by atoms with van der Waals surface area (Å²) in [6.07, 6.45) is -0.771. The third kappa shape index (κ3) is 4.89. The third-order valence-corrected chi connectivity index (χ3v) is 3.50. The molecule has 0 unspecified atom stereocenters. The van der Waals surface area contributed by atoms with Crippen LogP contribution in [0, 0.1) is 6.92 Å². The van der Waals surface area contributed by atoms with E-state index in [9.17, 15) is 9.59 Å². The van der Waals surface area contributed by atoms with Crippen LogP contribution in [0.1, 0.15) is 12.5 Å². The summed E-state index contributed by atoms with van der Waals surface area (Å²) in [7, 11) is 0. The minimum Gasteiger partial charge on any atom is -0.434 e. The molecule has 0 saturated heterocycles. The van der Waals surface area contributed by atoms with Gasteiger partial charge in [-0.25, -0.2) is 9.59 Å². The summed E-state index contributed by atoms with van der Waals surface area (Å²) in [4.78, 5) is 23.2. The van der Waals surface area contributed by atoms with Crippen molar-refractivity contribution < 1.29 is 19.1 Å². The zero-order chi connectivity index (χ0) is 17.5. The SMILES string of the molecule is CCOC(=O)Oc1ccc(NC(=O)Nc2cccc(Cl)c2C)cc1. The molecule has 24 heavy (non-hydrogen) atoms. The van der Waals surface area contributed by atoms with Gasteiger partial charge in [-0.3, -0.25) is 0 Å². The van der Waals surface area contributed by atoms with Crippen LogP contribution in [-0.4, -0.2) is 18.8 Å². The maximum Gasteiger partial charge on any atom is 0.513 e. The number of hydrogen-bond donors (Lipinski definition) is 2. The number of carbonyl (C=O) groups is 2. The van der Waals surface area contributed by atoms with E-state index in [1.807, 2.05) is 6.92 Å². The summed E-state index contributed by atoms with van der Waals surface area (Å²) in [5.41, 5.74) is 1.96. The van der Waals surface area contributed by atoms with Crippen molar-refractivity contribution in [1.29, 1.82) is 0 Å². The molecule has 0 bridgehead atoms. The lowest BCUT2D eigenvalue weighted by Crippen LogP contribution is -2.20. The second kappa shape index (κ2) is 8.21. The highest BCUT2D eigenvalue weighted by Gasteiger charge is 2.08. The molecule has 0 aromatic heterocycles. The molecule has 6 nitrogen and oxygen atoms in total. The standard InChI is InChI=1S/C17H17ClN2O4/c1-3-23-17(22)24-13-9-7-12(8-10-13)19-16(21)20-15-6-4-5-14(18)11(15)2/h4-10H,3H2,1-2H3,(H2,19,20,21). The number of ether oxygens (including phenoxy) is 2. The molecule has 0 fully saturated rings. The summed E-state index contributed by atoms with van der Waals surface area (Å²) < 4.78 is 9.61. The number of nitrogens with one attached hydrogen (secondary N) is 2. The van der Waals surface area contributed by atoms with Crippen molar-refractivity contribution in [2.75, 3.05) is 17.2 Å². The van der Waals surface area contributed by atoms with Gasteiger partial charge in [-0.15, -0.1) is 0 Å². The summed E-state index contributed by atoms with van der Waals surface area (Å²) in [5, 5.41) is 5.98. The lowest BCUT2D eigenvalue weighted by atomic mass is 10.2. The van der Waals surface area contributed by atoms with Gasteiger partial charge < -0.3 is 20.1 Å². The highest BCUT2D eigenvalue weighted by atomic mass is 35.5. The van der Waals surface area contributed by atoms with E-state index in [-0.39, 0.29) is 6.61 Å². The normalized spacial score (nSPS) is 9.96. The summed E-state index contributed by atoms with van der Waals surface area (Å²) in [6.45, 7) is 3.75. The van der Waals surface area contributed by atoms with Gasteiger partial charge in [0.15, 0.2) is 0 Å². The van der Waals surface area contributed by atoms with Crippen LogP contribution in [-0.2, 0) is 4.74 Å². The van der Waals surface area contributed by atoms with Crippen molar-refractivity contribution in [2.45, 2.75) is 13.8 Å². The molecular formula is C17H17ClN2O4. The van der Waals surface area contributed by atoms with Gasteiger partial charge in [-0.2, -0.15) is 0 Å². The van der Waals surface area contributed by atoms with E-state index in [1.54, 1.807) is 49.4 Å². The summed E-state index contributed by atoms with van der Waals surface area (Å²) >= 11 is 6.02. The molecule has 126 valence electrons. The first-order chi connectivity index (χ1) is 11.5. The molecule has 0 atom stereocenters. The molecule has 7 heteroatoms. The van der Waals surface area contributed by atoms with Crippen LogP contribution in [0.5, 0.6) is 5.75 Å². The Kier molecular flexibility index (Phi) is 6.03. The fraction of sp³-hybridized carbons (Fsp3) is 0.176. The third-order valence-electron chi connectivity index (χ3n) is 3.09. The first-order valence-corrected chi connectivity index (χ1v) is 7.65. The molecule has 0 saturated carbocycles. The van der Waals surface area contributed by atoms with Gasteiger partial charge in [0.1, 0.15) is 5.75 Å². The molecule has 2 rings (SSSR count). The first-order valence-electron chi connectivity index (χ1n) is 7.27. The number of rotatable bonds is 4. The molecule has 2 amide bonds. The molecule has 0 aliphatic rings. The Morgan fingerprint density at radius 1 is 1.08 bits per heavy atom. The smallest absolute Gasteiger partial charge is 0.434 e. The molecule has 0 spiro atoms. The Balaban J connectivity index is 1.94. The van der Waals surface area contributed by atoms with Crippen molar-refractivity contribution in [3.8, 4) is 5.75 Å². The van der Waals surface area contributed by atoms with E-state index < -0.39 is 12.2 Å². The van der Waals surface area contributed by atoms with Crippen LogP contribution in [0.4, 0.5) is 21.0 Å². The van der Waals surface area contributed by atoms with Crippen LogP contribution in [0.15, 0.2) is 42.5 Å². The van der Waals surface area contributed by atoms with Crippen LogP contribution < -0.4 is 15.4 Å². The van der Waals surface area contributed by atoms with Crippen LogP contribution in [0.2, 0.25) is 5.02 Å². The second-order valence-electron chi connectivity index (χ2n) is 4.80. The van der Waals surface area contributed by atoms with E-state index >= 15 is 0 Å². The lowest BCUT2D eigenvalue weighted by molar-refractivity contribution is 0.104. The van der Waals surface area contributed by atoms with Gasteiger partial charge in [0, 0.05) is 16.4 Å². The van der Waals surface area contributed by atoms with Crippen molar-refractivity contribution in [3.63, 3.8) is 0 Å². The molecule has 0 heterocycles. The minimum atomic E-state index is -0.771. The molecule has 2 aromatic carbocycles. The number of carbonyl (C=O) groups excluding carboxylic acids is 2. The largest absolute Gasteiger partial charge is 0.513 e. The minimum absolute atomic E-state index is 0.238. The van der Waals surface area contributed by atoms with Gasteiger partial charge in [-0.1, -0.05) is 17.7 Å². The van der Waals surface area contributed by atoms with Gasteiger partial charge in [0.25, 0.3) is 0 Å². The maximum atomic E-state index is 12.0. The van der Waals surface area contributed by atoms with Crippen LogP contribution in [0.25, 0.3) is 0 Å². The predicted molar refractivity (Wildman–Crippen MR) is 92.9 cm³/mol. The Bertz CT molecular complexity index is 732. The van der Waals surface area contributed by atoms with Crippen LogP contribution in [0.3, 0.4) is 0 Å². The quantitative estimate of drug-likeness (QED) is 0.613. The first kappa shape index (κ1) is 17.6. The van der Waals surface area contributed by atoms with E-state index in [0.29, 0.717) is 22.1 Å².